The van der Waals surface area contributed by atoms with Gasteiger partial charge < -0.3 is 9.47 Å². The zero-order valence-electron chi connectivity index (χ0n) is 14.7. The van der Waals surface area contributed by atoms with Crippen LogP contribution in [0.25, 0.3) is 0 Å². The van der Waals surface area contributed by atoms with Crippen molar-refractivity contribution in [2.24, 2.45) is 16.7 Å². The minimum Gasteiger partial charge on any atom is -0.443 e. The normalized spacial score (nSPS) is 58.3. The Morgan fingerprint density at radius 2 is 2.00 bits per heavy atom. The largest absolute Gasteiger partial charge is 0.443 e. The highest BCUT2D eigenvalue weighted by Gasteiger charge is 2.75. The summed E-state index contributed by atoms with van der Waals surface area (Å²) in [6, 6.07) is 0. The minimum absolute atomic E-state index is 0.0104. The Kier molecular flexibility index (Phi) is 2.64. The molecule has 1 saturated carbocycles. The van der Waals surface area contributed by atoms with Gasteiger partial charge in [-0.1, -0.05) is 20.8 Å². The molecule has 4 saturated heterocycles. The molecular weight excluding hydrogens is 290 g/mol. The summed E-state index contributed by atoms with van der Waals surface area (Å²) in [6.07, 6.45) is 8.67. The fourth-order valence-electron chi connectivity index (χ4n) is 7.07. The second-order valence-electron chi connectivity index (χ2n) is 9.52. The molecule has 4 aliphatic heterocycles. The van der Waals surface area contributed by atoms with E-state index in [1.165, 1.54) is 0 Å². The maximum Gasteiger partial charge on any atom is 0.308 e. The lowest BCUT2D eigenvalue weighted by Gasteiger charge is -2.70. The molecule has 0 N–H and O–H groups in total. The third-order valence-electron chi connectivity index (χ3n) is 8.30. The zero-order chi connectivity index (χ0) is 16.1. The number of nitrogens with zero attached hydrogens (tertiary/aromatic N) is 1. The maximum absolute atomic E-state index is 12.5. The van der Waals surface area contributed by atoms with Gasteiger partial charge in [0.2, 0.25) is 0 Å². The summed E-state index contributed by atoms with van der Waals surface area (Å²) < 4.78 is 12.8. The highest BCUT2D eigenvalue weighted by atomic mass is 16.6. The molecule has 4 nitrogen and oxygen atoms in total. The molecule has 0 aromatic carbocycles. The summed E-state index contributed by atoms with van der Waals surface area (Å²) in [5, 5.41) is 0. The van der Waals surface area contributed by atoms with Crippen molar-refractivity contribution in [2.75, 3.05) is 6.54 Å². The molecule has 128 valence electrons. The molecule has 0 unspecified atom stereocenters. The number of hydrogen-bond acceptors (Lipinski definition) is 4. The molecule has 5 rings (SSSR count). The first kappa shape index (κ1) is 14.7. The second-order valence-corrected chi connectivity index (χ2v) is 9.52. The van der Waals surface area contributed by atoms with Crippen LogP contribution in [0.5, 0.6) is 0 Å². The maximum atomic E-state index is 12.5. The van der Waals surface area contributed by atoms with Gasteiger partial charge in [0, 0.05) is 18.4 Å². The van der Waals surface area contributed by atoms with E-state index in [9.17, 15) is 4.79 Å². The molecule has 5 aliphatic rings. The number of carbonyl (C=O) groups is 1. The van der Waals surface area contributed by atoms with E-state index >= 15 is 0 Å². The number of fused-ring (bicyclic) bond motifs is 1. The number of hydrogen-bond donors (Lipinski definition) is 0. The van der Waals surface area contributed by atoms with Crippen LogP contribution in [0.2, 0.25) is 0 Å². The molecule has 1 aliphatic carbocycles. The van der Waals surface area contributed by atoms with Gasteiger partial charge in [-0.2, -0.15) is 0 Å². The van der Waals surface area contributed by atoms with Crippen LogP contribution in [0.1, 0.15) is 72.1 Å². The summed E-state index contributed by atoms with van der Waals surface area (Å²) in [7, 11) is 0. The van der Waals surface area contributed by atoms with Crippen LogP contribution in [0.4, 0.5) is 0 Å². The Morgan fingerprint density at radius 3 is 2.83 bits per heavy atom. The van der Waals surface area contributed by atoms with Gasteiger partial charge in [-0.3, -0.25) is 4.79 Å². The lowest BCUT2D eigenvalue weighted by Crippen LogP contribution is -2.77. The van der Waals surface area contributed by atoms with E-state index in [4.69, 9.17) is 9.47 Å². The first-order valence-electron chi connectivity index (χ1n) is 9.50. The summed E-state index contributed by atoms with van der Waals surface area (Å²) in [5.74, 6) is 0.713. The van der Waals surface area contributed by atoms with E-state index in [-0.39, 0.29) is 22.5 Å². The van der Waals surface area contributed by atoms with Gasteiger partial charge in [0.15, 0.2) is 5.72 Å². The number of piperidine rings is 1. The molecule has 4 bridgehead atoms. The van der Waals surface area contributed by atoms with Crippen molar-refractivity contribution in [1.82, 2.24) is 4.90 Å². The molecule has 0 amide bonds. The average molecular weight is 319 g/mol. The average Bonchev–Trinajstić information content (AvgIpc) is 2.72. The quantitative estimate of drug-likeness (QED) is 0.641. The fourth-order valence-corrected chi connectivity index (χ4v) is 7.07. The van der Waals surface area contributed by atoms with Gasteiger partial charge in [0.1, 0.15) is 5.72 Å². The van der Waals surface area contributed by atoms with E-state index in [1.54, 1.807) is 0 Å². The molecule has 0 aromatic heterocycles. The van der Waals surface area contributed by atoms with Crippen LogP contribution in [0.3, 0.4) is 0 Å². The Hall–Kier alpha value is -0.610. The zero-order valence-corrected chi connectivity index (χ0v) is 14.7. The predicted molar refractivity (Wildman–Crippen MR) is 85.4 cm³/mol. The highest BCUT2D eigenvalue weighted by Crippen LogP contribution is 2.70. The molecule has 0 radical (unpaired) electrons. The summed E-state index contributed by atoms with van der Waals surface area (Å²) in [4.78, 5) is 15.1. The second kappa shape index (κ2) is 4.13. The van der Waals surface area contributed by atoms with Crippen LogP contribution in [-0.4, -0.2) is 35.0 Å². The smallest absolute Gasteiger partial charge is 0.308 e. The van der Waals surface area contributed by atoms with Gasteiger partial charge >= 0.3 is 5.97 Å². The number of rotatable bonds is 0. The van der Waals surface area contributed by atoms with Crippen LogP contribution in [0, 0.1) is 16.7 Å². The lowest BCUT2D eigenvalue weighted by atomic mass is 9.47. The van der Waals surface area contributed by atoms with Gasteiger partial charge in [0.25, 0.3) is 0 Å². The van der Waals surface area contributed by atoms with E-state index in [0.717, 1.165) is 51.5 Å². The van der Waals surface area contributed by atoms with E-state index in [0.29, 0.717) is 18.4 Å². The number of carbonyl (C=O) groups excluding carboxylic acids is 1. The topological polar surface area (TPSA) is 38.8 Å². The Bertz CT molecular complexity index is 579. The Morgan fingerprint density at radius 1 is 1.17 bits per heavy atom. The van der Waals surface area contributed by atoms with Crippen molar-refractivity contribution in [3.8, 4) is 0 Å². The summed E-state index contributed by atoms with van der Waals surface area (Å²) >= 11 is 0. The van der Waals surface area contributed by atoms with Gasteiger partial charge in [-0.05, 0) is 49.9 Å². The first-order chi connectivity index (χ1) is 10.8. The van der Waals surface area contributed by atoms with Gasteiger partial charge in [0.05, 0.1) is 12.5 Å². The number of ether oxygens (including phenoxy) is 2. The van der Waals surface area contributed by atoms with Crippen molar-refractivity contribution >= 4 is 5.97 Å². The van der Waals surface area contributed by atoms with Crippen LogP contribution < -0.4 is 0 Å². The monoisotopic (exact) mass is 319 g/mol. The molecule has 6 atom stereocenters. The fraction of sp³-hybridized carbons (Fsp3) is 0.947. The Labute approximate surface area is 138 Å². The van der Waals surface area contributed by atoms with Crippen molar-refractivity contribution in [3.63, 3.8) is 0 Å². The molecule has 4 heterocycles. The third kappa shape index (κ3) is 1.53. The van der Waals surface area contributed by atoms with E-state index in [1.807, 2.05) is 0 Å². The van der Waals surface area contributed by atoms with E-state index in [2.05, 4.69) is 25.7 Å². The summed E-state index contributed by atoms with van der Waals surface area (Å²) in [5.41, 5.74) is -0.462. The van der Waals surface area contributed by atoms with Gasteiger partial charge in [-0.15, -0.1) is 0 Å². The van der Waals surface area contributed by atoms with Crippen LogP contribution in [0.15, 0.2) is 0 Å². The molecular formula is C19H29NO3. The van der Waals surface area contributed by atoms with Crippen molar-refractivity contribution in [3.05, 3.63) is 0 Å². The predicted octanol–water partition coefficient (Wildman–Crippen LogP) is 3.45. The lowest BCUT2D eigenvalue weighted by molar-refractivity contribution is -0.350. The van der Waals surface area contributed by atoms with Gasteiger partial charge in [-0.25, -0.2) is 4.90 Å². The minimum atomic E-state index is -0.424. The SMILES string of the molecule is C[C@@H]1C[C@H]2CN3[C@](CC[C@@]4(C)[C@]5(C)CCC[C@]34OC(=O)C5)(C1)O2. The summed E-state index contributed by atoms with van der Waals surface area (Å²) in [6.45, 7) is 8.04. The third-order valence-corrected chi connectivity index (χ3v) is 8.30. The number of esters is 1. The molecule has 4 heteroatoms. The molecule has 1 spiro atoms. The van der Waals surface area contributed by atoms with Crippen LogP contribution in [-0.2, 0) is 14.3 Å². The standard InChI is InChI=1S/C19H29NO3/c1-13-9-14-12-20-18(10-13,22-14)8-7-17(3)16(2)5-4-6-19(17,20)23-15(21)11-16/h13-14H,4-12H2,1-3H3/t13-,14+,16-,17+,18+,19-/m1/s1. The molecule has 23 heavy (non-hydrogen) atoms. The van der Waals surface area contributed by atoms with Crippen molar-refractivity contribution < 1.29 is 14.3 Å². The first-order valence-corrected chi connectivity index (χ1v) is 9.50. The van der Waals surface area contributed by atoms with Crippen molar-refractivity contribution in [1.29, 1.82) is 0 Å². The highest BCUT2D eigenvalue weighted by molar-refractivity contribution is 5.72. The van der Waals surface area contributed by atoms with Crippen molar-refractivity contribution in [2.45, 2.75) is 89.7 Å². The van der Waals surface area contributed by atoms with E-state index < -0.39 is 5.72 Å². The van der Waals surface area contributed by atoms with Crippen LogP contribution >= 0.6 is 0 Å². The molecule has 5 fully saturated rings. The molecule has 0 aromatic rings. The Balaban J connectivity index is 1.66.